The van der Waals surface area contributed by atoms with E-state index in [4.69, 9.17) is 9.47 Å². The number of hydrogen-bond acceptors (Lipinski definition) is 4. The Morgan fingerprint density at radius 1 is 1.23 bits per heavy atom. The van der Waals surface area contributed by atoms with Gasteiger partial charge in [-0.25, -0.2) is 0 Å². The van der Waals surface area contributed by atoms with Crippen molar-refractivity contribution in [1.82, 2.24) is 15.5 Å². The van der Waals surface area contributed by atoms with Crippen molar-refractivity contribution in [2.45, 2.75) is 20.4 Å². The van der Waals surface area contributed by atoms with Gasteiger partial charge >= 0.3 is 0 Å². The van der Waals surface area contributed by atoms with Crippen molar-refractivity contribution >= 4 is 29.9 Å². The summed E-state index contributed by atoms with van der Waals surface area (Å²) < 4.78 is 11.4. The number of morpholine rings is 1. The second-order valence-corrected chi connectivity index (χ2v) is 6.61. The molecule has 1 aliphatic heterocycles. The molecule has 1 aromatic carbocycles. The van der Waals surface area contributed by atoms with E-state index in [9.17, 15) is 0 Å². The molecule has 0 amide bonds. The lowest BCUT2D eigenvalue weighted by atomic mass is 10.2. The van der Waals surface area contributed by atoms with Gasteiger partial charge in [0.1, 0.15) is 12.4 Å². The molecule has 0 bridgehead atoms. The largest absolute Gasteiger partial charge is 0.492 e. The number of nitrogens with one attached hydrogen (secondary N) is 2. The molecule has 0 spiro atoms. The van der Waals surface area contributed by atoms with E-state index in [-0.39, 0.29) is 24.0 Å². The maximum Gasteiger partial charge on any atom is 0.191 e. The highest BCUT2D eigenvalue weighted by Gasteiger charge is 2.10. The minimum absolute atomic E-state index is 0. The zero-order valence-electron chi connectivity index (χ0n) is 16.2. The summed E-state index contributed by atoms with van der Waals surface area (Å²) in [5.41, 5.74) is 1.14. The lowest BCUT2D eigenvalue weighted by molar-refractivity contribution is 0.0322. The molecule has 148 valence electrons. The zero-order valence-corrected chi connectivity index (χ0v) is 18.5. The fourth-order valence-electron chi connectivity index (χ4n) is 2.60. The molecule has 2 N–H and O–H groups in total. The van der Waals surface area contributed by atoms with Crippen molar-refractivity contribution in [3.63, 3.8) is 0 Å². The van der Waals surface area contributed by atoms with Crippen LogP contribution >= 0.6 is 24.0 Å². The predicted molar refractivity (Wildman–Crippen MR) is 118 cm³/mol. The summed E-state index contributed by atoms with van der Waals surface area (Å²) >= 11 is 0. The Morgan fingerprint density at radius 3 is 2.65 bits per heavy atom. The topological polar surface area (TPSA) is 58.1 Å². The van der Waals surface area contributed by atoms with Gasteiger partial charge in [0.25, 0.3) is 0 Å². The maximum atomic E-state index is 6.02. The average molecular weight is 476 g/mol. The summed E-state index contributed by atoms with van der Waals surface area (Å²) in [7, 11) is 1.79. The molecule has 26 heavy (non-hydrogen) atoms. The van der Waals surface area contributed by atoms with Crippen LogP contribution in [0.5, 0.6) is 5.75 Å². The number of aliphatic imine (C=N–C) groups is 1. The lowest BCUT2D eigenvalue weighted by Crippen LogP contribution is -2.39. The summed E-state index contributed by atoms with van der Waals surface area (Å²) in [6.07, 6.45) is 0. The first-order chi connectivity index (χ1) is 12.2. The molecular weight excluding hydrogens is 443 g/mol. The molecule has 2 rings (SSSR count). The van der Waals surface area contributed by atoms with Crippen molar-refractivity contribution in [3.05, 3.63) is 29.8 Å². The Labute approximate surface area is 174 Å². The fourth-order valence-corrected chi connectivity index (χ4v) is 2.60. The van der Waals surface area contributed by atoms with Crippen LogP contribution in [0.25, 0.3) is 0 Å². The van der Waals surface area contributed by atoms with Crippen LogP contribution < -0.4 is 15.4 Å². The van der Waals surface area contributed by atoms with Gasteiger partial charge in [0.05, 0.1) is 13.2 Å². The van der Waals surface area contributed by atoms with E-state index in [1.807, 2.05) is 18.2 Å². The first kappa shape index (κ1) is 23.0. The number of hydrogen-bond donors (Lipinski definition) is 2. The number of guanidine groups is 1. The van der Waals surface area contributed by atoms with Crippen molar-refractivity contribution in [1.29, 1.82) is 0 Å². The monoisotopic (exact) mass is 476 g/mol. The number of ether oxygens (including phenoxy) is 2. The van der Waals surface area contributed by atoms with E-state index >= 15 is 0 Å². The minimum Gasteiger partial charge on any atom is -0.492 e. The van der Waals surface area contributed by atoms with E-state index in [1.165, 1.54) is 0 Å². The normalized spacial score (nSPS) is 15.5. The molecule has 0 unspecified atom stereocenters. The Bertz CT molecular complexity index is 534. The van der Waals surface area contributed by atoms with E-state index in [0.29, 0.717) is 19.1 Å². The quantitative estimate of drug-likeness (QED) is 0.343. The van der Waals surface area contributed by atoms with Crippen molar-refractivity contribution in [2.75, 3.05) is 53.0 Å². The molecule has 0 saturated carbocycles. The summed E-state index contributed by atoms with van der Waals surface area (Å²) in [5, 5.41) is 6.68. The van der Waals surface area contributed by atoms with Gasteiger partial charge < -0.3 is 20.1 Å². The number of nitrogens with zero attached hydrogens (tertiary/aromatic N) is 2. The molecule has 0 radical (unpaired) electrons. The summed E-state index contributed by atoms with van der Waals surface area (Å²) in [6.45, 7) is 11.2. The predicted octanol–water partition coefficient (Wildman–Crippen LogP) is 2.34. The van der Waals surface area contributed by atoms with Gasteiger partial charge in [-0.05, 0) is 12.0 Å². The van der Waals surface area contributed by atoms with Gasteiger partial charge in [0, 0.05) is 45.3 Å². The highest BCUT2D eigenvalue weighted by Crippen LogP contribution is 2.17. The zero-order chi connectivity index (χ0) is 17.9. The third-order valence-corrected chi connectivity index (χ3v) is 4.09. The van der Waals surface area contributed by atoms with E-state index in [1.54, 1.807) is 7.05 Å². The molecule has 0 atom stereocenters. The summed E-state index contributed by atoms with van der Waals surface area (Å²) in [5.74, 6) is 2.33. The number of benzene rings is 1. The molecule has 1 fully saturated rings. The highest BCUT2D eigenvalue weighted by molar-refractivity contribution is 14.0. The molecule has 1 saturated heterocycles. The standard InChI is InChI=1S/C19H32N4O2.HI/c1-16(2)14-21-19(20-3)22-15-17-6-4-5-7-18(17)25-13-10-23-8-11-24-12-9-23;/h4-7,16H,8-15H2,1-3H3,(H2,20,21,22);1H. The van der Waals surface area contributed by atoms with Crippen molar-refractivity contribution in [3.8, 4) is 5.75 Å². The van der Waals surface area contributed by atoms with E-state index in [2.05, 4.69) is 40.4 Å². The van der Waals surface area contributed by atoms with Gasteiger partial charge in [-0.2, -0.15) is 0 Å². The highest BCUT2D eigenvalue weighted by atomic mass is 127. The Morgan fingerprint density at radius 2 is 1.96 bits per heavy atom. The molecule has 1 aromatic rings. The maximum absolute atomic E-state index is 6.02. The van der Waals surface area contributed by atoms with Crippen molar-refractivity contribution in [2.24, 2.45) is 10.9 Å². The van der Waals surface area contributed by atoms with Gasteiger partial charge in [-0.15, -0.1) is 24.0 Å². The smallest absolute Gasteiger partial charge is 0.191 e. The Balaban J connectivity index is 0.00000338. The molecule has 7 heteroatoms. The van der Waals surface area contributed by atoms with Crippen LogP contribution in [0.1, 0.15) is 19.4 Å². The first-order valence-electron chi connectivity index (χ1n) is 9.14. The molecule has 1 heterocycles. The van der Waals surface area contributed by atoms with Crippen LogP contribution in [-0.4, -0.2) is 63.9 Å². The average Bonchev–Trinajstić information content (AvgIpc) is 2.63. The third-order valence-electron chi connectivity index (χ3n) is 4.09. The lowest BCUT2D eigenvalue weighted by Gasteiger charge is -2.26. The number of halogens is 1. The second kappa shape index (κ2) is 13.2. The molecule has 1 aliphatic rings. The van der Waals surface area contributed by atoms with Crippen molar-refractivity contribution < 1.29 is 9.47 Å². The van der Waals surface area contributed by atoms with Gasteiger partial charge in [-0.1, -0.05) is 32.0 Å². The SMILES string of the molecule is CN=C(NCc1ccccc1OCCN1CCOCC1)NCC(C)C.I. The molecular formula is C19H33IN4O2. The minimum atomic E-state index is 0. The van der Waals surface area contributed by atoms with Crippen LogP contribution in [0.3, 0.4) is 0 Å². The van der Waals surface area contributed by atoms with Gasteiger partial charge in [0.2, 0.25) is 0 Å². The first-order valence-corrected chi connectivity index (χ1v) is 9.14. The number of para-hydroxylation sites is 1. The molecule has 0 aromatic heterocycles. The van der Waals surface area contributed by atoms with Gasteiger partial charge in [-0.3, -0.25) is 9.89 Å². The van der Waals surface area contributed by atoms with Crippen LogP contribution in [0.15, 0.2) is 29.3 Å². The van der Waals surface area contributed by atoms with E-state index in [0.717, 1.165) is 56.7 Å². The van der Waals surface area contributed by atoms with Crippen LogP contribution in [0.2, 0.25) is 0 Å². The summed E-state index contributed by atoms with van der Waals surface area (Å²) in [4.78, 5) is 6.64. The Kier molecular flexibility index (Phi) is 11.6. The van der Waals surface area contributed by atoms with Crippen LogP contribution in [0.4, 0.5) is 0 Å². The fraction of sp³-hybridized carbons (Fsp3) is 0.632. The molecule has 6 nitrogen and oxygen atoms in total. The van der Waals surface area contributed by atoms with E-state index < -0.39 is 0 Å². The Hall–Kier alpha value is -1.06. The van der Waals surface area contributed by atoms with Crippen LogP contribution in [0, 0.1) is 5.92 Å². The van der Waals surface area contributed by atoms with Gasteiger partial charge in [0.15, 0.2) is 5.96 Å². The summed E-state index contributed by atoms with van der Waals surface area (Å²) in [6, 6.07) is 8.17. The number of rotatable bonds is 8. The second-order valence-electron chi connectivity index (χ2n) is 6.61. The third kappa shape index (κ3) is 8.55. The molecule has 0 aliphatic carbocycles. The van der Waals surface area contributed by atoms with Crippen LogP contribution in [-0.2, 0) is 11.3 Å².